The van der Waals surface area contributed by atoms with Crippen molar-refractivity contribution in [3.05, 3.63) is 54.1 Å². The van der Waals surface area contributed by atoms with Crippen LogP contribution in [0.5, 0.6) is 0 Å². The van der Waals surface area contributed by atoms with Crippen molar-refractivity contribution in [3.63, 3.8) is 0 Å². The lowest BCUT2D eigenvalue weighted by molar-refractivity contribution is -0.117. The highest BCUT2D eigenvalue weighted by Crippen LogP contribution is 2.20. The molecule has 7 heteroatoms. The third-order valence-corrected chi connectivity index (χ3v) is 4.39. The zero-order chi connectivity index (χ0) is 17.6. The van der Waals surface area contributed by atoms with Gasteiger partial charge in [-0.3, -0.25) is 19.5 Å². The molecule has 0 unspecified atom stereocenters. The smallest absolute Gasteiger partial charge is 0.294 e. The van der Waals surface area contributed by atoms with Crippen molar-refractivity contribution in [2.45, 2.75) is 6.04 Å². The zero-order valence-electron chi connectivity index (χ0n) is 14.2. The molecule has 0 radical (unpaired) electrons. The number of hydrogen-bond donors (Lipinski definition) is 1. The number of amides is 1. The molecule has 0 aliphatic carbocycles. The van der Waals surface area contributed by atoms with Crippen LogP contribution in [0.3, 0.4) is 0 Å². The Morgan fingerprint density at radius 2 is 2.08 bits per heavy atom. The molecule has 0 spiro atoms. The summed E-state index contributed by atoms with van der Waals surface area (Å²) in [5.74, 6) is -1.12. The Bertz CT molecular complexity index is 723. The van der Waals surface area contributed by atoms with Crippen LogP contribution in [0, 0.1) is 0 Å². The lowest BCUT2D eigenvalue weighted by Gasteiger charge is -2.34. The standard InChI is InChI=1S/C18H22N4O3/c1-21-7-3-5-15(21)17(23)18(24)20-13-16(14-4-2-6-19-12-14)22-8-10-25-11-9-22/h2-7,12,16H,8-11,13H2,1H3,(H,20,24)/t16-/m0/s1. The van der Waals surface area contributed by atoms with Crippen LogP contribution in [0.15, 0.2) is 42.9 Å². The minimum atomic E-state index is -0.594. The maximum absolute atomic E-state index is 12.3. The minimum absolute atomic E-state index is 0.0391. The van der Waals surface area contributed by atoms with Crippen molar-refractivity contribution < 1.29 is 14.3 Å². The second-order valence-electron chi connectivity index (χ2n) is 5.99. The number of rotatable bonds is 6. The van der Waals surface area contributed by atoms with Crippen LogP contribution in [0.25, 0.3) is 0 Å². The molecule has 1 saturated heterocycles. The van der Waals surface area contributed by atoms with Crippen LogP contribution >= 0.6 is 0 Å². The summed E-state index contributed by atoms with van der Waals surface area (Å²) in [6, 6.07) is 7.20. The Morgan fingerprint density at radius 3 is 2.72 bits per heavy atom. The zero-order valence-corrected chi connectivity index (χ0v) is 14.2. The summed E-state index contributed by atoms with van der Waals surface area (Å²) in [5.41, 5.74) is 1.39. The maximum atomic E-state index is 12.3. The monoisotopic (exact) mass is 342 g/mol. The predicted molar refractivity (Wildman–Crippen MR) is 92.1 cm³/mol. The molecule has 25 heavy (non-hydrogen) atoms. The molecule has 1 aliphatic heterocycles. The van der Waals surface area contributed by atoms with E-state index < -0.39 is 11.7 Å². The summed E-state index contributed by atoms with van der Waals surface area (Å²) >= 11 is 0. The highest BCUT2D eigenvalue weighted by molar-refractivity contribution is 6.42. The summed E-state index contributed by atoms with van der Waals surface area (Å²) in [6.07, 6.45) is 5.26. The number of ketones is 1. The fourth-order valence-corrected chi connectivity index (χ4v) is 3.00. The van der Waals surface area contributed by atoms with Crippen molar-refractivity contribution in [1.29, 1.82) is 0 Å². The average molecular weight is 342 g/mol. The SMILES string of the molecule is Cn1cccc1C(=O)C(=O)NC[C@@H](c1cccnc1)N1CCOCC1. The average Bonchev–Trinajstić information content (AvgIpc) is 3.09. The van der Waals surface area contributed by atoms with Gasteiger partial charge in [0.2, 0.25) is 0 Å². The van der Waals surface area contributed by atoms with Gasteiger partial charge in [-0.15, -0.1) is 0 Å². The lowest BCUT2D eigenvalue weighted by Crippen LogP contribution is -2.45. The van der Waals surface area contributed by atoms with Gasteiger partial charge in [-0.25, -0.2) is 0 Å². The number of morpholine rings is 1. The first-order valence-electron chi connectivity index (χ1n) is 8.32. The molecule has 0 saturated carbocycles. The summed E-state index contributed by atoms with van der Waals surface area (Å²) < 4.78 is 7.05. The Balaban J connectivity index is 1.69. The molecule has 0 bridgehead atoms. The van der Waals surface area contributed by atoms with E-state index in [9.17, 15) is 9.59 Å². The number of Topliss-reactive ketones (excluding diaryl/α,β-unsaturated/α-hetero) is 1. The number of nitrogens with one attached hydrogen (secondary N) is 1. The number of nitrogens with zero attached hydrogens (tertiary/aromatic N) is 3. The van der Waals surface area contributed by atoms with Crippen LogP contribution in [0.4, 0.5) is 0 Å². The summed E-state index contributed by atoms with van der Waals surface area (Å²) in [6.45, 7) is 3.23. The number of carbonyl (C=O) groups excluding carboxylic acids is 2. The van der Waals surface area contributed by atoms with E-state index in [1.807, 2.05) is 12.1 Å². The quantitative estimate of drug-likeness (QED) is 0.620. The van der Waals surface area contributed by atoms with E-state index in [-0.39, 0.29) is 6.04 Å². The minimum Gasteiger partial charge on any atom is -0.379 e. The fourth-order valence-electron chi connectivity index (χ4n) is 3.00. The third kappa shape index (κ3) is 4.12. The van der Waals surface area contributed by atoms with Crippen LogP contribution in [-0.2, 0) is 16.6 Å². The molecule has 2 aromatic heterocycles. The first-order valence-corrected chi connectivity index (χ1v) is 8.32. The first-order chi connectivity index (χ1) is 12.2. The molecule has 2 aromatic rings. The van der Waals surface area contributed by atoms with Crippen molar-refractivity contribution in [1.82, 2.24) is 19.8 Å². The Morgan fingerprint density at radius 1 is 1.28 bits per heavy atom. The van der Waals surface area contributed by atoms with E-state index in [1.54, 1.807) is 42.3 Å². The van der Waals surface area contributed by atoms with E-state index >= 15 is 0 Å². The Hall–Kier alpha value is -2.51. The van der Waals surface area contributed by atoms with Crippen LogP contribution in [0.2, 0.25) is 0 Å². The summed E-state index contributed by atoms with van der Waals surface area (Å²) in [5, 5.41) is 2.78. The molecule has 132 valence electrons. The highest BCUT2D eigenvalue weighted by atomic mass is 16.5. The van der Waals surface area contributed by atoms with Gasteiger partial charge >= 0.3 is 0 Å². The predicted octanol–water partition coefficient (Wildman–Crippen LogP) is 0.793. The third-order valence-electron chi connectivity index (χ3n) is 4.39. The Kier molecular flexibility index (Phi) is 5.57. The molecule has 0 aromatic carbocycles. The normalized spacial score (nSPS) is 16.4. The number of hydrogen-bond acceptors (Lipinski definition) is 5. The number of aromatic nitrogens is 2. The molecule has 1 atom stereocenters. The maximum Gasteiger partial charge on any atom is 0.294 e. The van der Waals surface area contributed by atoms with Gasteiger partial charge in [-0.1, -0.05) is 6.07 Å². The van der Waals surface area contributed by atoms with Gasteiger partial charge in [-0.05, 0) is 23.8 Å². The van der Waals surface area contributed by atoms with Crippen molar-refractivity contribution >= 4 is 11.7 Å². The molecular weight excluding hydrogens is 320 g/mol. The number of aryl methyl sites for hydroxylation is 1. The largest absolute Gasteiger partial charge is 0.379 e. The van der Waals surface area contributed by atoms with E-state index in [4.69, 9.17) is 4.74 Å². The van der Waals surface area contributed by atoms with Crippen molar-refractivity contribution in [2.75, 3.05) is 32.8 Å². The van der Waals surface area contributed by atoms with Crippen LogP contribution in [-0.4, -0.2) is 59.0 Å². The second kappa shape index (κ2) is 8.04. The molecule has 1 fully saturated rings. The van der Waals surface area contributed by atoms with E-state index in [0.29, 0.717) is 25.5 Å². The van der Waals surface area contributed by atoms with Gasteiger partial charge in [0.1, 0.15) is 0 Å². The van der Waals surface area contributed by atoms with Crippen LogP contribution in [0.1, 0.15) is 22.1 Å². The first kappa shape index (κ1) is 17.3. The van der Waals surface area contributed by atoms with Gasteiger partial charge < -0.3 is 14.6 Å². The van der Waals surface area contributed by atoms with E-state index in [1.165, 1.54) is 0 Å². The van der Waals surface area contributed by atoms with Gasteiger partial charge in [0.05, 0.1) is 24.9 Å². The van der Waals surface area contributed by atoms with E-state index in [2.05, 4.69) is 15.2 Å². The molecule has 3 heterocycles. The van der Waals surface area contributed by atoms with Crippen LogP contribution < -0.4 is 5.32 Å². The summed E-state index contributed by atoms with van der Waals surface area (Å²) in [4.78, 5) is 31.0. The molecule has 1 aliphatic rings. The Labute approximate surface area is 146 Å². The molecule has 1 amide bonds. The topological polar surface area (TPSA) is 76.5 Å². The molecular formula is C18H22N4O3. The fraction of sp³-hybridized carbons (Fsp3) is 0.389. The van der Waals surface area contributed by atoms with Gasteiger partial charge in [0, 0.05) is 45.3 Å². The summed E-state index contributed by atoms with van der Waals surface area (Å²) in [7, 11) is 1.74. The molecule has 1 N–H and O–H groups in total. The second-order valence-corrected chi connectivity index (χ2v) is 5.99. The van der Waals surface area contributed by atoms with Crippen molar-refractivity contribution in [3.8, 4) is 0 Å². The number of pyridine rings is 1. The lowest BCUT2D eigenvalue weighted by atomic mass is 10.1. The highest BCUT2D eigenvalue weighted by Gasteiger charge is 2.25. The van der Waals surface area contributed by atoms with Gasteiger partial charge in [-0.2, -0.15) is 0 Å². The van der Waals surface area contributed by atoms with Crippen molar-refractivity contribution in [2.24, 2.45) is 7.05 Å². The number of carbonyl (C=O) groups is 2. The van der Waals surface area contributed by atoms with Gasteiger partial charge in [0.15, 0.2) is 0 Å². The van der Waals surface area contributed by atoms with E-state index in [0.717, 1.165) is 18.7 Å². The molecule has 3 rings (SSSR count). The number of ether oxygens (including phenoxy) is 1. The van der Waals surface area contributed by atoms with Gasteiger partial charge in [0.25, 0.3) is 11.7 Å². The molecule has 7 nitrogen and oxygen atoms in total.